The van der Waals surface area contributed by atoms with E-state index in [0.29, 0.717) is 13.1 Å². The molecule has 1 aromatic heterocycles. The van der Waals surface area contributed by atoms with Crippen LogP contribution in [0.25, 0.3) is 22.0 Å². The van der Waals surface area contributed by atoms with Gasteiger partial charge < -0.3 is 20.9 Å². The molecule has 0 saturated carbocycles. The summed E-state index contributed by atoms with van der Waals surface area (Å²) >= 11 is 0. The van der Waals surface area contributed by atoms with E-state index in [1.165, 1.54) is 0 Å². The molecule has 0 spiro atoms. The number of hydrogen-bond acceptors (Lipinski definition) is 4. The molecule has 8 heteroatoms. The Kier molecular flexibility index (Phi) is 8.03. The first-order valence-corrected chi connectivity index (χ1v) is 13.3. The van der Waals surface area contributed by atoms with Crippen molar-refractivity contribution in [1.29, 1.82) is 0 Å². The number of aryl methyl sites for hydroxylation is 1. The smallest absolute Gasteiger partial charge is 0.321 e. The number of fused-ring (bicyclic) bond motifs is 1. The van der Waals surface area contributed by atoms with Crippen LogP contribution in [0, 0.1) is 6.92 Å². The van der Waals surface area contributed by atoms with Gasteiger partial charge in [-0.05, 0) is 37.1 Å². The summed E-state index contributed by atoms with van der Waals surface area (Å²) < 4.78 is 0. The van der Waals surface area contributed by atoms with Crippen LogP contribution in [0.15, 0.2) is 84.9 Å². The van der Waals surface area contributed by atoms with E-state index in [-0.39, 0.29) is 18.1 Å². The Morgan fingerprint density at radius 3 is 2.54 bits per heavy atom. The van der Waals surface area contributed by atoms with E-state index in [1.54, 1.807) is 4.90 Å². The normalized spacial score (nSPS) is 15.2. The van der Waals surface area contributed by atoms with Crippen molar-refractivity contribution in [2.45, 2.75) is 19.4 Å². The van der Waals surface area contributed by atoms with Crippen molar-refractivity contribution in [1.82, 2.24) is 20.1 Å². The summed E-state index contributed by atoms with van der Waals surface area (Å²) in [7, 11) is 1.85. The van der Waals surface area contributed by atoms with Crippen LogP contribution < -0.4 is 16.0 Å². The number of nitrogens with one attached hydrogen (secondary N) is 3. The van der Waals surface area contributed by atoms with Crippen LogP contribution in [0.3, 0.4) is 0 Å². The zero-order valence-corrected chi connectivity index (χ0v) is 22.4. The van der Waals surface area contributed by atoms with E-state index in [1.807, 2.05) is 98.9 Å². The zero-order valence-electron chi connectivity index (χ0n) is 22.4. The number of nitrogens with zero attached hydrogens (tertiary/aromatic N) is 3. The van der Waals surface area contributed by atoms with Crippen LogP contribution in [-0.4, -0.2) is 66.1 Å². The number of benzene rings is 3. The highest BCUT2D eigenvalue weighted by Gasteiger charge is 2.28. The van der Waals surface area contributed by atoms with Gasteiger partial charge in [-0.25, -0.2) is 9.59 Å². The summed E-state index contributed by atoms with van der Waals surface area (Å²) in [6.07, 6.45) is 0.888. The van der Waals surface area contributed by atoms with Gasteiger partial charge in [-0.15, -0.1) is 0 Å². The molecule has 1 aliphatic rings. The number of amides is 4. The summed E-state index contributed by atoms with van der Waals surface area (Å²) in [5.41, 5.74) is 5.30. The number of urea groups is 2. The third-order valence-electron chi connectivity index (χ3n) is 7.18. The fourth-order valence-corrected chi connectivity index (χ4v) is 5.07. The van der Waals surface area contributed by atoms with Crippen LogP contribution in [0.1, 0.15) is 12.1 Å². The second-order valence-electron chi connectivity index (χ2n) is 9.91. The standard InChI is InChI=1S/C31H34N6O2/c1-22-20-29(26-13-7-9-15-28(26)33-22)34-30(38)32-17-19-37-18-16-24(21-37)36(2)31(39)35-27-14-8-6-12-25(27)23-10-4-3-5-11-23/h3-15,20,24H,16-19,21H2,1-2H3,(H,35,39)(H2,32,33,34,38). The van der Waals surface area contributed by atoms with Crippen molar-refractivity contribution >= 4 is 34.3 Å². The SMILES string of the molecule is Cc1cc(NC(=O)NCCN2CCC(N(C)C(=O)Nc3ccccc3-c3ccccc3)C2)c2ccccc2n1. The number of anilines is 2. The van der Waals surface area contributed by atoms with Crippen LogP contribution >= 0.6 is 0 Å². The van der Waals surface area contributed by atoms with E-state index < -0.39 is 0 Å². The number of hydrogen-bond donors (Lipinski definition) is 3. The second kappa shape index (κ2) is 12.0. The Hall–Kier alpha value is -4.43. The van der Waals surface area contributed by atoms with E-state index >= 15 is 0 Å². The number of rotatable bonds is 7. The molecule has 3 aromatic carbocycles. The molecule has 8 nitrogen and oxygen atoms in total. The lowest BCUT2D eigenvalue weighted by Gasteiger charge is -2.26. The van der Waals surface area contributed by atoms with Gasteiger partial charge in [0.05, 0.1) is 16.9 Å². The molecule has 4 amide bonds. The van der Waals surface area contributed by atoms with Crippen molar-refractivity contribution in [3.8, 4) is 11.1 Å². The Bertz CT molecular complexity index is 1460. The van der Waals surface area contributed by atoms with Gasteiger partial charge in [0, 0.05) is 55.9 Å². The van der Waals surface area contributed by atoms with Gasteiger partial charge in [0.25, 0.3) is 0 Å². The Morgan fingerprint density at radius 1 is 0.949 bits per heavy atom. The molecule has 200 valence electrons. The minimum Gasteiger partial charge on any atom is -0.337 e. The summed E-state index contributed by atoms with van der Waals surface area (Å²) in [6, 6.07) is 27.3. The van der Waals surface area contributed by atoms with Crippen molar-refractivity contribution in [2.24, 2.45) is 0 Å². The lowest BCUT2D eigenvalue weighted by atomic mass is 10.0. The number of para-hydroxylation sites is 2. The van der Waals surface area contributed by atoms with E-state index in [4.69, 9.17) is 0 Å². The molecule has 1 fully saturated rings. The predicted octanol–water partition coefficient (Wildman–Crippen LogP) is 5.57. The Morgan fingerprint density at radius 2 is 1.69 bits per heavy atom. The number of carbonyl (C=O) groups is 2. The summed E-state index contributed by atoms with van der Waals surface area (Å²) in [4.78, 5) is 34.3. The molecule has 4 aromatic rings. The van der Waals surface area contributed by atoms with Crippen LogP contribution in [0.2, 0.25) is 0 Å². The lowest BCUT2D eigenvalue weighted by Crippen LogP contribution is -2.42. The van der Waals surface area contributed by atoms with Crippen molar-refractivity contribution in [2.75, 3.05) is 43.9 Å². The molecule has 1 unspecified atom stereocenters. The molecular weight excluding hydrogens is 488 g/mol. The van der Waals surface area contributed by atoms with Gasteiger partial charge >= 0.3 is 12.1 Å². The number of pyridine rings is 1. The number of likely N-dealkylation sites (tertiary alicyclic amines) is 1. The molecule has 0 aliphatic carbocycles. The molecule has 39 heavy (non-hydrogen) atoms. The number of aromatic nitrogens is 1. The minimum absolute atomic E-state index is 0.105. The van der Waals surface area contributed by atoms with Gasteiger partial charge in [-0.3, -0.25) is 9.88 Å². The van der Waals surface area contributed by atoms with Crippen molar-refractivity contribution in [3.63, 3.8) is 0 Å². The lowest BCUT2D eigenvalue weighted by molar-refractivity contribution is 0.202. The van der Waals surface area contributed by atoms with E-state index in [9.17, 15) is 9.59 Å². The third-order valence-corrected chi connectivity index (χ3v) is 7.18. The second-order valence-corrected chi connectivity index (χ2v) is 9.91. The monoisotopic (exact) mass is 522 g/mol. The van der Waals surface area contributed by atoms with Gasteiger partial charge in [0.15, 0.2) is 0 Å². The molecule has 2 heterocycles. The molecule has 1 saturated heterocycles. The van der Waals surface area contributed by atoms with Crippen LogP contribution in [-0.2, 0) is 0 Å². The third kappa shape index (κ3) is 6.35. The maximum atomic E-state index is 13.1. The first-order valence-electron chi connectivity index (χ1n) is 13.3. The van der Waals surface area contributed by atoms with Crippen molar-refractivity contribution in [3.05, 3.63) is 90.6 Å². The minimum atomic E-state index is -0.241. The van der Waals surface area contributed by atoms with Gasteiger partial charge in [0.2, 0.25) is 0 Å². The molecule has 1 aliphatic heterocycles. The van der Waals surface area contributed by atoms with Gasteiger partial charge in [-0.2, -0.15) is 0 Å². The van der Waals surface area contributed by atoms with E-state index in [0.717, 1.165) is 58.6 Å². The van der Waals surface area contributed by atoms with E-state index in [2.05, 4.69) is 25.8 Å². The fourth-order valence-electron chi connectivity index (χ4n) is 5.07. The molecular formula is C31H34N6O2. The van der Waals surface area contributed by atoms with Crippen LogP contribution in [0.4, 0.5) is 21.0 Å². The zero-order chi connectivity index (χ0) is 27.2. The Labute approximate surface area is 229 Å². The van der Waals surface area contributed by atoms with Crippen LogP contribution in [0.5, 0.6) is 0 Å². The maximum absolute atomic E-state index is 13.1. The van der Waals surface area contributed by atoms with Gasteiger partial charge in [0.1, 0.15) is 0 Å². The predicted molar refractivity (Wildman–Crippen MR) is 157 cm³/mol. The summed E-state index contributed by atoms with van der Waals surface area (Å²) in [5.74, 6) is 0. The summed E-state index contributed by atoms with van der Waals surface area (Å²) in [6.45, 7) is 4.79. The molecule has 0 bridgehead atoms. The van der Waals surface area contributed by atoms with Crippen molar-refractivity contribution < 1.29 is 9.59 Å². The topological polar surface area (TPSA) is 89.6 Å². The molecule has 5 rings (SSSR count). The highest BCUT2D eigenvalue weighted by molar-refractivity contribution is 6.00. The summed E-state index contributed by atoms with van der Waals surface area (Å²) in [5, 5.41) is 9.93. The largest absolute Gasteiger partial charge is 0.337 e. The molecule has 1 atom stereocenters. The highest BCUT2D eigenvalue weighted by Crippen LogP contribution is 2.28. The highest BCUT2D eigenvalue weighted by atomic mass is 16.2. The average Bonchev–Trinajstić information content (AvgIpc) is 3.42. The first kappa shape index (κ1) is 26.2. The Balaban J connectivity index is 1.10. The molecule has 3 N–H and O–H groups in total. The number of likely N-dealkylation sites (N-methyl/N-ethyl adjacent to an activating group) is 1. The van der Waals surface area contributed by atoms with Gasteiger partial charge in [-0.1, -0.05) is 66.7 Å². The first-order chi connectivity index (χ1) is 19.0. The molecule has 0 radical (unpaired) electrons. The maximum Gasteiger partial charge on any atom is 0.321 e. The fraction of sp³-hybridized carbons (Fsp3) is 0.258. The quantitative estimate of drug-likeness (QED) is 0.296. The number of carbonyl (C=O) groups excluding carboxylic acids is 2. The average molecular weight is 523 g/mol.